The number of para-hydroxylation sites is 1. The van der Waals surface area contributed by atoms with Crippen LogP contribution in [-0.4, -0.2) is 15.1 Å². The Bertz CT molecular complexity index is 1010. The van der Waals surface area contributed by atoms with E-state index in [1.807, 2.05) is 48.5 Å². The third kappa shape index (κ3) is 3.02. The van der Waals surface area contributed by atoms with Crippen molar-refractivity contribution in [1.82, 2.24) is 9.97 Å². The summed E-state index contributed by atoms with van der Waals surface area (Å²) in [5.41, 5.74) is 5.41. The normalized spacial score (nSPS) is 12.2. The summed E-state index contributed by atoms with van der Waals surface area (Å²) in [4.78, 5) is 9.09. The highest BCUT2D eigenvalue weighted by atomic mass is 16.3. The van der Waals surface area contributed by atoms with Crippen LogP contribution in [0.3, 0.4) is 0 Å². The highest BCUT2D eigenvalue weighted by Gasteiger charge is 2.17. The maximum absolute atomic E-state index is 10.9. The predicted molar refractivity (Wildman–Crippen MR) is 100 cm³/mol. The van der Waals surface area contributed by atoms with E-state index >= 15 is 0 Å². The van der Waals surface area contributed by atoms with Crippen LogP contribution in [0, 0.1) is 6.92 Å². The molecular weight excluding hydrogens is 308 g/mol. The van der Waals surface area contributed by atoms with Gasteiger partial charge in [0, 0.05) is 17.1 Å². The summed E-state index contributed by atoms with van der Waals surface area (Å²) in [5.74, 6) is 0. The molecule has 2 aromatic carbocycles. The van der Waals surface area contributed by atoms with Crippen molar-refractivity contribution in [3.63, 3.8) is 0 Å². The molecule has 3 nitrogen and oxygen atoms in total. The van der Waals surface area contributed by atoms with Crippen LogP contribution < -0.4 is 0 Å². The van der Waals surface area contributed by atoms with Crippen molar-refractivity contribution >= 4 is 10.9 Å². The largest absolute Gasteiger partial charge is 0.382 e. The summed E-state index contributed by atoms with van der Waals surface area (Å²) in [6.45, 7) is 2.06. The number of rotatable bonds is 3. The summed E-state index contributed by atoms with van der Waals surface area (Å²) in [7, 11) is 0. The van der Waals surface area contributed by atoms with Crippen molar-refractivity contribution in [2.75, 3.05) is 0 Å². The first-order chi connectivity index (χ1) is 12.2. The van der Waals surface area contributed by atoms with E-state index in [0.29, 0.717) is 5.69 Å². The van der Waals surface area contributed by atoms with Gasteiger partial charge in [0.05, 0.1) is 16.9 Å². The second-order valence-corrected chi connectivity index (χ2v) is 6.14. The van der Waals surface area contributed by atoms with Gasteiger partial charge in [0.1, 0.15) is 6.10 Å². The molecule has 0 saturated carbocycles. The number of benzene rings is 2. The van der Waals surface area contributed by atoms with Gasteiger partial charge in [-0.15, -0.1) is 0 Å². The van der Waals surface area contributed by atoms with Gasteiger partial charge in [-0.3, -0.25) is 4.98 Å². The lowest BCUT2D eigenvalue weighted by atomic mass is 9.98. The van der Waals surface area contributed by atoms with E-state index in [2.05, 4.69) is 36.2 Å². The third-order valence-corrected chi connectivity index (χ3v) is 4.36. The topological polar surface area (TPSA) is 46.0 Å². The number of nitrogens with zero attached hydrogens (tertiary/aromatic N) is 2. The molecule has 25 heavy (non-hydrogen) atoms. The molecule has 0 aliphatic carbocycles. The van der Waals surface area contributed by atoms with Crippen LogP contribution in [0.15, 0.2) is 79.0 Å². The average Bonchev–Trinajstić information content (AvgIpc) is 2.68. The zero-order chi connectivity index (χ0) is 17.2. The van der Waals surface area contributed by atoms with Gasteiger partial charge in [0.25, 0.3) is 0 Å². The Morgan fingerprint density at radius 1 is 0.880 bits per heavy atom. The van der Waals surface area contributed by atoms with Crippen LogP contribution >= 0.6 is 0 Å². The van der Waals surface area contributed by atoms with Crippen molar-refractivity contribution in [3.8, 4) is 11.3 Å². The molecular formula is C22H18N2O. The highest BCUT2D eigenvalue weighted by Crippen LogP contribution is 2.31. The molecule has 122 valence electrons. The second-order valence-electron chi connectivity index (χ2n) is 6.14. The lowest BCUT2D eigenvalue weighted by molar-refractivity contribution is 0.217. The zero-order valence-electron chi connectivity index (χ0n) is 13.9. The third-order valence-electron chi connectivity index (χ3n) is 4.36. The standard InChI is InChI=1S/C22H18N2O/c1-15-9-11-16(12-10-15)21-14-18(17-6-2-3-7-19(17)24-21)22(25)20-8-4-5-13-23-20/h2-14,22,25H,1H3. The Kier molecular flexibility index (Phi) is 4.00. The minimum absolute atomic E-state index is 0.633. The van der Waals surface area contributed by atoms with E-state index in [9.17, 15) is 5.11 Å². The molecule has 1 atom stereocenters. The molecule has 0 radical (unpaired) electrons. The zero-order valence-corrected chi connectivity index (χ0v) is 13.9. The van der Waals surface area contributed by atoms with Gasteiger partial charge in [-0.25, -0.2) is 4.98 Å². The fraction of sp³-hybridized carbons (Fsp3) is 0.0909. The monoisotopic (exact) mass is 326 g/mol. The van der Waals surface area contributed by atoms with E-state index in [1.54, 1.807) is 6.20 Å². The Hall–Kier alpha value is -3.04. The molecule has 0 aliphatic heterocycles. The summed E-state index contributed by atoms with van der Waals surface area (Å²) < 4.78 is 0. The minimum Gasteiger partial charge on any atom is -0.382 e. The molecule has 0 saturated heterocycles. The van der Waals surface area contributed by atoms with E-state index in [0.717, 1.165) is 27.7 Å². The fourth-order valence-electron chi connectivity index (χ4n) is 3.00. The van der Waals surface area contributed by atoms with Gasteiger partial charge in [0.2, 0.25) is 0 Å². The number of aliphatic hydroxyl groups is 1. The Morgan fingerprint density at radius 2 is 1.64 bits per heavy atom. The molecule has 2 aromatic heterocycles. The average molecular weight is 326 g/mol. The first kappa shape index (κ1) is 15.5. The van der Waals surface area contributed by atoms with Crippen LogP contribution in [0.4, 0.5) is 0 Å². The summed E-state index contributed by atoms with van der Waals surface area (Å²) >= 11 is 0. The number of aliphatic hydroxyl groups excluding tert-OH is 1. The van der Waals surface area contributed by atoms with Crippen molar-refractivity contribution in [2.45, 2.75) is 13.0 Å². The Balaban J connectivity index is 1.91. The molecule has 0 fully saturated rings. The van der Waals surface area contributed by atoms with Gasteiger partial charge >= 0.3 is 0 Å². The predicted octanol–water partition coefficient (Wildman–Crippen LogP) is 4.69. The summed E-state index contributed by atoms with van der Waals surface area (Å²) in [5, 5.41) is 11.9. The number of hydrogen-bond donors (Lipinski definition) is 1. The van der Waals surface area contributed by atoms with Crippen LogP contribution in [0.5, 0.6) is 0 Å². The van der Waals surface area contributed by atoms with Crippen molar-refractivity contribution in [3.05, 3.63) is 95.8 Å². The molecule has 4 aromatic rings. The van der Waals surface area contributed by atoms with Crippen LogP contribution in [-0.2, 0) is 0 Å². The number of aromatic nitrogens is 2. The smallest absolute Gasteiger partial charge is 0.122 e. The van der Waals surface area contributed by atoms with E-state index in [-0.39, 0.29) is 0 Å². The van der Waals surface area contributed by atoms with Crippen molar-refractivity contribution in [1.29, 1.82) is 0 Å². The number of pyridine rings is 2. The molecule has 2 heterocycles. The maximum Gasteiger partial charge on any atom is 0.122 e. The van der Waals surface area contributed by atoms with Crippen LogP contribution in [0.2, 0.25) is 0 Å². The number of aryl methyl sites for hydroxylation is 1. The van der Waals surface area contributed by atoms with E-state index in [1.165, 1.54) is 5.56 Å². The van der Waals surface area contributed by atoms with Crippen LogP contribution in [0.1, 0.15) is 22.9 Å². The summed E-state index contributed by atoms with van der Waals surface area (Å²) in [6.07, 6.45) is 0.904. The Morgan fingerprint density at radius 3 is 2.40 bits per heavy atom. The molecule has 0 bridgehead atoms. The molecule has 4 rings (SSSR count). The summed E-state index contributed by atoms with van der Waals surface area (Å²) in [6, 6.07) is 23.7. The first-order valence-electron chi connectivity index (χ1n) is 8.28. The first-order valence-corrected chi connectivity index (χ1v) is 8.28. The van der Waals surface area contributed by atoms with Gasteiger partial charge < -0.3 is 5.11 Å². The Labute approximate surface area is 146 Å². The molecule has 1 unspecified atom stereocenters. The van der Waals surface area contributed by atoms with Crippen LogP contribution in [0.25, 0.3) is 22.2 Å². The fourth-order valence-corrected chi connectivity index (χ4v) is 3.00. The van der Waals surface area contributed by atoms with Crippen molar-refractivity contribution < 1.29 is 5.11 Å². The molecule has 0 spiro atoms. The van der Waals surface area contributed by atoms with E-state index in [4.69, 9.17) is 4.98 Å². The molecule has 0 aliphatic rings. The molecule has 0 amide bonds. The van der Waals surface area contributed by atoms with E-state index < -0.39 is 6.10 Å². The van der Waals surface area contributed by atoms with Gasteiger partial charge in [-0.05, 0) is 36.8 Å². The molecule has 1 N–H and O–H groups in total. The molecule has 3 heteroatoms. The lowest BCUT2D eigenvalue weighted by Gasteiger charge is -2.15. The van der Waals surface area contributed by atoms with Gasteiger partial charge in [-0.2, -0.15) is 0 Å². The quantitative estimate of drug-likeness (QED) is 0.594. The SMILES string of the molecule is Cc1ccc(-c2cc(C(O)c3ccccn3)c3ccccc3n2)cc1. The van der Waals surface area contributed by atoms with Gasteiger partial charge in [0.15, 0.2) is 0 Å². The van der Waals surface area contributed by atoms with Crippen molar-refractivity contribution in [2.24, 2.45) is 0 Å². The second kappa shape index (κ2) is 6.46. The highest BCUT2D eigenvalue weighted by molar-refractivity contribution is 5.85. The number of fused-ring (bicyclic) bond motifs is 1. The number of hydrogen-bond acceptors (Lipinski definition) is 3. The minimum atomic E-state index is -0.793. The van der Waals surface area contributed by atoms with Gasteiger partial charge in [-0.1, -0.05) is 54.1 Å². The lowest BCUT2D eigenvalue weighted by Crippen LogP contribution is -2.04. The maximum atomic E-state index is 10.9.